The van der Waals surface area contributed by atoms with Crippen LogP contribution in [0, 0.1) is 6.92 Å². The molecule has 3 rings (SSSR count). The number of hydrogen-bond donors (Lipinski definition) is 2. The van der Waals surface area contributed by atoms with Crippen LogP contribution in [0.15, 0.2) is 46.9 Å². The van der Waals surface area contributed by atoms with Gasteiger partial charge in [0.2, 0.25) is 0 Å². The third kappa shape index (κ3) is 3.88. The van der Waals surface area contributed by atoms with Gasteiger partial charge in [0.15, 0.2) is 0 Å². The number of benzene rings is 2. The predicted molar refractivity (Wildman–Crippen MR) is 98.3 cm³/mol. The van der Waals surface area contributed by atoms with E-state index in [0.29, 0.717) is 6.54 Å². The van der Waals surface area contributed by atoms with E-state index in [1.165, 1.54) is 5.56 Å². The molecule has 5 heteroatoms. The molecule has 0 aliphatic heterocycles. The first-order chi connectivity index (χ1) is 11.0. The summed E-state index contributed by atoms with van der Waals surface area (Å²) in [5.74, 6) is 0. The van der Waals surface area contributed by atoms with E-state index in [1.807, 2.05) is 49.4 Å². The molecule has 2 aromatic carbocycles. The van der Waals surface area contributed by atoms with Gasteiger partial charge in [-0.2, -0.15) is 0 Å². The molecule has 120 valence electrons. The van der Waals surface area contributed by atoms with E-state index in [-0.39, 0.29) is 11.4 Å². The summed E-state index contributed by atoms with van der Waals surface area (Å²) in [7, 11) is 0. The number of nitrogens with one attached hydrogen (secondary N) is 2. The van der Waals surface area contributed by atoms with Gasteiger partial charge in [0, 0.05) is 27.1 Å². The Kier molecular flexibility index (Phi) is 4.64. The first-order valence-corrected chi connectivity index (χ1v) is 8.73. The number of aryl methyl sites for hydroxylation is 1. The molecule has 1 fully saturated rings. The lowest BCUT2D eigenvalue weighted by Crippen LogP contribution is -2.35. The maximum atomic E-state index is 12.1. The standard InChI is InChI=1S/C18H18BrClN2O/c1-12-10-15(6-7-16(12)19)22-17(23)21-11-18(8-9-18)13-2-4-14(20)5-3-13/h2-7,10H,8-9,11H2,1H3,(H2,21,22,23). The molecule has 0 spiro atoms. The first kappa shape index (κ1) is 16.3. The molecule has 0 saturated heterocycles. The highest BCUT2D eigenvalue weighted by molar-refractivity contribution is 9.10. The molecule has 0 aromatic heterocycles. The second kappa shape index (κ2) is 6.54. The van der Waals surface area contributed by atoms with Gasteiger partial charge in [0.05, 0.1) is 0 Å². The fourth-order valence-electron chi connectivity index (χ4n) is 2.67. The largest absolute Gasteiger partial charge is 0.337 e. The lowest BCUT2D eigenvalue weighted by Gasteiger charge is -2.17. The van der Waals surface area contributed by atoms with Crippen LogP contribution in [-0.4, -0.2) is 12.6 Å². The Morgan fingerprint density at radius 3 is 2.52 bits per heavy atom. The summed E-state index contributed by atoms with van der Waals surface area (Å²) >= 11 is 9.39. The van der Waals surface area contributed by atoms with Crippen molar-refractivity contribution in [2.75, 3.05) is 11.9 Å². The van der Waals surface area contributed by atoms with Crippen molar-refractivity contribution in [3.63, 3.8) is 0 Å². The van der Waals surface area contributed by atoms with Gasteiger partial charge in [-0.3, -0.25) is 0 Å². The fourth-order valence-corrected chi connectivity index (χ4v) is 3.04. The Labute approximate surface area is 149 Å². The number of hydrogen-bond acceptors (Lipinski definition) is 1. The Morgan fingerprint density at radius 1 is 1.22 bits per heavy atom. The second-order valence-corrected chi connectivity index (χ2v) is 7.35. The number of carbonyl (C=O) groups is 1. The van der Waals surface area contributed by atoms with E-state index in [9.17, 15) is 4.79 Å². The van der Waals surface area contributed by atoms with Crippen molar-refractivity contribution in [3.05, 3.63) is 63.1 Å². The van der Waals surface area contributed by atoms with Crippen molar-refractivity contribution in [2.45, 2.75) is 25.2 Å². The first-order valence-electron chi connectivity index (χ1n) is 7.56. The molecule has 0 heterocycles. The van der Waals surface area contributed by atoms with Gasteiger partial charge in [-0.1, -0.05) is 39.7 Å². The lowest BCUT2D eigenvalue weighted by atomic mass is 9.96. The highest BCUT2D eigenvalue weighted by Gasteiger charge is 2.44. The van der Waals surface area contributed by atoms with Gasteiger partial charge in [0.25, 0.3) is 0 Å². The monoisotopic (exact) mass is 392 g/mol. The van der Waals surface area contributed by atoms with Crippen molar-refractivity contribution in [1.29, 1.82) is 0 Å². The molecule has 2 amide bonds. The van der Waals surface area contributed by atoms with E-state index >= 15 is 0 Å². The molecular weight excluding hydrogens is 376 g/mol. The van der Waals surface area contributed by atoms with E-state index in [1.54, 1.807) is 0 Å². The summed E-state index contributed by atoms with van der Waals surface area (Å²) in [6.45, 7) is 2.63. The fraction of sp³-hybridized carbons (Fsp3) is 0.278. The van der Waals surface area contributed by atoms with Crippen LogP contribution >= 0.6 is 27.5 Å². The Hall–Kier alpha value is -1.52. The normalized spacial score (nSPS) is 15.1. The quantitative estimate of drug-likeness (QED) is 0.730. The molecule has 0 bridgehead atoms. The maximum absolute atomic E-state index is 12.1. The number of amides is 2. The molecular formula is C18H18BrClN2O. The Balaban J connectivity index is 1.58. The summed E-state index contributed by atoms with van der Waals surface area (Å²) < 4.78 is 1.03. The van der Waals surface area contributed by atoms with Crippen LogP contribution < -0.4 is 10.6 Å². The summed E-state index contributed by atoms with van der Waals surface area (Å²) in [4.78, 5) is 12.1. The van der Waals surface area contributed by atoms with E-state index in [4.69, 9.17) is 11.6 Å². The molecule has 2 N–H and O–H groups in total. The average molecular weight is 394 g/mol. The van der Waals surface area contributed by atoms with Crippen molar-refractivity contribution in [1.82, 2.24) is 5.32 Å². The number of anilines is 1. The van der Waals surface area contributed by atoms with Crippen molar-refractivity contribution < 1.29 is 4.79 Å². The number of halogens is 2. The summed E-state index contributed by atoms with van der Waals surface area (Å²) in [5.41, 5.74) is 3.18. The van der Waals surface area contributed by atoms with Crippen LogP contribution in [0.5, 0.6) is 0 Å². The van der Waals surface area contributed by atoms with Crippen LogP contribution in [0.4, 0.5) is 10.5 Å². The zero-order chi connectivity index (χ0) is 16.4. The van der Waals surface area contributed by atoms with Crippen LogP contribution in [0.1, 0.15) is 24.0 Å². The van der Waals surface area contributed by atoms with Crippen LogP contribution in [0.25, 0.3) is 0 Å². The summed E-state index contributed by atoms with van der Waals surface area (Å²) in [6.07, 6.45) is 2.18. The maximum Gasteiger partial charge on any atom is 0.319 e. The summed E-state index contributed by atoms with van der Waals surface area (Å²) in [5, 5.41) is 6.60. The zero-order valence-corrected chi connectivity index (χ0v) is 15.2. The number of rotatable bonds is 4. The third-order valence-electron chi connectivity index (χ3n) is 4.31. The SMILES string of the molecule is Cc1cc(NC(=O)NCC2(c3ccc(Cl)cc3)CC2)ccc1Br. The van der Waals surface area contributed by atoms with Gasteiger partial charge in [-0.25, -0.2) is 4.79 Å². The van der Waals surface area contributed by atoms with Crippen LogP contribution in [0.3, 0.4) is 0 Å². The molecule has 0 atom stereocenters. The second-order valence-electron chi connectivity index (χ2n) is 6.06. The number of urea groups is 1. The topological polar surface area (TPSA) is 41.1 Å². The molecule has 0 radical (unpaired) electrons. The smallest absolute Gasteiger partial charge is 0.319 e. The van der Waals surface area contributed by atoms with E-state index < -0.39 is 0 Å². The average Bonchev–Trinajstić information content (AvgIpc) is 3.31. The van der Waals surface area contributed by atoms with Gasteiger partial charge in [0.1, 0.15) is 0 Å². The molecule has 0 unspecified atom stereocenters. The molecule has 1 saturated carbocycles. The number of carbonyl (C=O) groups excluding carboxylic acids is 1. The molecule has 1 aliphatic rings. The van der Waals surface area contributed by atoms with Crippen LogP contribution in [-0.2, 0) is 5.41 Å². The van der Waals surface area contributed by atoms with Gasteiger partial charge >= 0.3 is 6.03 Å². The zero-order valence-electron chi connectivity index (χ0n) is 12.8. The summed E-state index contributed by atoms with van der Waals surface area (Å²) in [6, 6.07) is 13.5. The predicted octanol–water partition coefficient (Wildman–Crippen LogP) is 5.26. The highest BCUT2D eigenvalue weighted by Crippen LogP contribution is 2.47. The molecule has 3 nitrogen and oxygen atoms in total. The minimum atomic E-state index is -0.174. The third-order valence-corrected chi connectivity index (χ3v) is 5.46. The Bertz CT molecular complexity index is 726. The molecule has 23 heavy (non-hydrogen) atoms. The lowest BCUT2D eigenvalue weighted by molar-refractivity contribution is 0.251. The van der Waals surface area contributed by atoms with Crippen molar-refractivity contribution in [3.8, 4) is 0 Å². The Morgan fingerprint density at radius 2 is 1.91 bits per heavy atom. The van der Waals surface area contributed by atoms with Gasteiger partial charge in [-0.05, 0) is 61.2 Å². The van der Waals surface area contributed by atoms with E-state index in [2.05, 4.69) is 26.6 Å². The molecule has 1 aliphatic carbocycles. The van der Waals surface area contributed by atoms with Crippen molar-refractivity contribution in [2.24, 2.45) is 0 Å². The minimum absolute atomic E-state index is 0.0670. The van der Waals surface area contributed by atoms with Gasteiger partial charge < -0.3 is 10.6 Å². The minimum Gasteiger partial charge on any atom is -0.337 e. The van der Waals surface area contributed by atoms with Crippen molar-refractivity contribution >= 4 is 39.2 Å². The van der Waals surface area contributed by atoms with E-state index in [0.717, 1.165) is 33.6 Å². The molecule has 2 aromatic rings. The van der Waals surface area contributed by atoms with Crippen LogP contribution in [0.2, 0.25) is 5.02 Å². The highest BCUT2D eigenvalue weighted by atomic mass is 79.9. The van der Waals surface area contributed by atoms with Gasteiger partial charge in [-0.15, -0.1) is 0 Å².